The summed E-state index contributed by atoms with van der Waals surface area (Å²) < 4.78 is 7.75. The summed E-state index contributed by atoms with van der Waals surface area (Å²) in [6.07, 6.45) is 8.28. The molecule has 1 atom stereocenters. The molecule has 4 rings (SSSR count). The second kappa shape index (κ2) is 12.1. The molecule has 0 unspecified atom stereocenters. The number of benzene rings is 2. The van der Waals surface area contributed by atoms with E-state index in [1.807, 2.05) is 65.5 Å². The molecule has 0 bridgehead atoms. The van der Waals surface area contributed by atoms with E-state index in [-0.39, 0.29) is 5.91 Å². The van der Waals surface area contributed by atoms with E-state index in [2.05, 4.69) is 13.8 Å². The van der Waals surface area contributed by atoms with Gasteiger partial charge in [0.25, 0.3) is 5.91 Å². The predicted molar refractivity (Wildman–Crippen MR) is 154 cm³/mol. The van der Waals surface area contributed by atoms with Crippen LogP contribution in [-0.4, -0.2) is 38.6 Å². The maximum atomic E-state index is 13.4. The summed E-state index contributed by atoms with van der Waals surface area (Å²) in [5, 5.41) is 5.35. The Labute approximate surface area is 227 Å². The molecule has 3 aromatic rings. The van der Waals surface area contributed by atoms with E-state index in [1.54, 1.807) is 12.0 Å². The average molecular weight is 540 g/mol. The van der Waals surface area contributed by atoms with Gasteiger partial charge in [0.15, 0.2) is 0 Å². The fourth-order valence-corrected chi connectivity index (χ4v) is 5.74. The molecule has 0 spiro atoms. The van der Waals surface area contributed by atoms with Crippen LogP contribution >= 0.6 is 35.6 Å². The number of aromatic nitrogens is 2. The lowest BCUT2D eigenvalue weighted by Gasteiger charge is -2.21. The summed E-state index contributed by atoms with van der Waals surface area (Å²) in [7, 11) is 1.59. The van der Waals surface area contributed by atoms with Gasteiger partial charge in [-0.15, -0.1) is 0 Å². The predicted octanol–water partition coefficient (Wildman–Crippen LogP) is 7.62. The quantitative estimate of drug-likeness (QED) is 0.196. The topological polar surface area (TPSA) is 47.4 Å². The number of hydrogen-bond donors (Lipinski definition) is 0. The van der Waals surface area contributed by atoms with Crippen molar-refractivity contribution in [2.45, 2.75) is 39.5 Å². The van der Waals surface area contributed by atoms with E-state index >= 15 is 0 Å². The number of para-hydroxylation sites is 1. The minimum absolute atomic E-state index is 0.0360. The van der Waals surface area contributed by atoms with Crippen LogP contribution in [0.1, 0.15) is 45.1 Å². The molecule has 0 N–H and O–H groups in total. The van der Waals surface area contributed by atoms with Gasteiger partial charge in [-0.2, -0.15) is 5.10 Å². The molecule has 0 aliphatic carbocycles. The van der Waals surface area contributed by atoms with Crippen molar-refractivity contribution in [1.29, 1.82) is 0 Å². The van der Waals surface area contributed by atoms with E-state index in [4.69, 9.17) is 33.7 Å². The van der Waals surface area contributed by atoms with Crippen LogP contribution in [0.15, 0.2) is 59.6 Å². The van der Waals surface area contributed by atoms with E-state index < -0.39 is 0 Å². The van der Waals surface area contributed by atoms with Gasteiger partial charge in [0.05, 0.1) is 22.7 Å². The van der Waals surface area contributed by atoms with Gasteiger partial charge in [0, 0.05) is 23.9 Å². The Bertz CT molecular complexity index is 1270. The van der Waals surface area contributed by atoms with Crippen LogP contribution in [0.4, 0.5) is 0 Å². The van der Waals surface area contributed by atoms with Gasteiger partial charge < -0.3 is 4.74 Å². The van der Waals surface area contributed by atoms with Crippen molar-refractivity contribution in [3.63, 3.8) is 0 Å². The van der Waals surface area contributed by atoms with Gasteiger partial charge in [-0.3, -0.25) is 9.69 Å². The Morgan fingerprint density at radius 1 is 1.19 bits per heavy atom. The maximum absolute atomic E-state index is 13.4. The average Bonchev–Trinajstić information content (AvgIpc) is 3.43. The number of nitrogens with zero attached hydrogens (tertiary/aromatic N) is 3. The van der Waals surface area contributed by atoms with Gasteiger partial charge in [-0.05, 0) is 48.7 Å². The van der Waals surface area contributed by atoms with Crippen LogP contribution in [-0.2, 0) is 4.79 Å². The highest BCUT2D eigenvalue weighted by Crippen LogP contribution is 2.37. The Morgan fingerprint density at radius 3 is 2.64 bits per heavy atom. The van der Waals surface area contributed by atoms with Gasteiger partial charge in [-0.1, -0.05) is 86.9 Å². The Morgan fingerprint density at radius 2 is 1.97 bits per heavy atom. The summed E-state index contributed by atoms with van der Waals surface area (Å²) in [5.41, 5.74) is 3.30. The molecule has 2 aromatic carbocycles. The third kappa shape index (κ3) is 5.85. The number of unbranched alkanes of at least 4 members (excludes halogenated alkanes) is 1. The van der Waals surface area contributed by atoms with Crippen LogP contribution in [0.25, 0.3) is 23.0 Å². The smallest absolute Gasteiger partial charge is 0.266 e. The minimum Gasteiger partial charge on any atom is -0.495 e. The first-order valence-corrected chi connectivity index (χ1v) is 13.8. The third-order valence-corrected chi connectivity index (χ3v) is 8.01. The molecule has 2 heterocycles. The third-order valence-electron chi connectivity index (χ3n) is 6.33. The first-order chi connectivity index (χ1) is 17.4. The van der Waals surface area contributed by atoms with Crippen LogP contribution < -0.4 is 4.74 Å². The Balaban J connectivity index is 1.70. The lowest BCUT2D eigenvalue weighted by Crippen LogP contribution is -2.33. The molecule has 1 saturated heterocycles. The standard InChI is InChI=1S/C28H30ClN3O2S2/c1-4-6-10-19(5-2)17-31-27(33)25(36-28(31)35)16-21-18-32(22-11-8-7-9-12-22)30-26(21)20-13-14-24(34-3)23(29)15-20/h7-9,11-16,18-19H,4-6,10,17H2,1-3H3/b25-16+/t19-/m1/s1. The summed E-state index contributed by atoms with van der Waals surface area (Å²) in [6, 6.07) is 15.5. The van der Waals surface area contributed by atoms with Crippen molar-refractivity contribution in [3.8, 4) is 22.7 Å². The molecule has 8 heteroatoms. The lowest BCUT2D eigenvalue weighted by molar-refractivity contribution is -0.122. The molecule has 188 valence electrons. The fraction of sp³-hybridized carbons (Fsp3) is 0.321. The van der Waals surface area contributed by atoms with Crippen molar-refractivity contribution in [2.75, 3.05) is 13.7 Å². The molecule has 1 fully saturated rings. The van der Waals surface area contributed by atoms with Crippen molar-refractivity contribution in [3.05, 3.63) is 70.2 Å². The number of amides is 1. The number of hydrogen-bond acceptors (Lipinski definition) is 5. The van der Waals surface area contributed by atoms with Crippen LogP contribution in [0.3, 0.4) is 0 Å². The highest BCUT2D eigenvalue weighted by Gasteiger charge is 2.33. The molecule has 1 amide bonds. The van der Waals surface area contributed by atoms with Crippen LogP contribution in [0.2, 0.25) is 5.02 Å². The monoisotopic (exact) mass is 539 g/mol. The van der Waals surface area contributed by atoms with Gasteiger partial charge in [0.2, 0.25) is 0 Å². The van der Waals surface area contributed by atoms with Gasteiger partial charge in [0.1, 0.15) is 15.8 Å². The first-order valence-electron chi connectivity index (χ1n) is 12.2. The molecule has 36 heavy (non-hydrogen) atoms. The maximum Gasteiger partial charge on any atom is 0.266 e. The van der Waals surface area contributed by atoms with Gasteiger partial charge in [-0.25, -0.2) is 4.68 Å². The number of thiocarbonyl (C=S) groups is 1. The van der Waals surface area contributed by atoms with Gasteiger partial charge >= 0.3 is 0 Å². The van der Waals surface area contributed by atoms with Crippen molar-refractivity contribution in [1.82, 2.24) is 14.7 Å². The second-order valence-electron chi connectivity index (χ2n) is 8.77. The number of halogens is 1. The Kier molecular flexibility index (Phi) is 8.88. The van der Waals surface area contributed by atoms with Crippen LogP contribution in [0, 0.1) is 5.92 Å². The molecule has 0 saturated carbocycles. The zero-order valence-electron chi connectivity index (χ0n) is 20.7. The van der Waals surface area contributed by atoms with E-state index in [0.29, 0.717) is 32.5 Å². The lowest BCUT2D eigenvalue weighted by atomic mass is 9.99. The number of rotatable bonds is 10. The molecule has 5 nitrogen and oxygen atoms in total. The molecule has 1 aliphatic rings. The highest BCUT2D eigenvalue weighted by atomic mass is 35.5. The van der Waals surface area contributed by atoms with E-state index in [0.717, 1.165) is 48.2 Å². The number of thioether (sulfide) groups is 1. The summed E-state index contributed by atoms with van der Waals surface area (Å²) >= 11 is 13.4. The van der Waals surface area contributed by atoms with Crippen molar-refractivity contribution >= 4 is 51.9 Å². The zero-order chi connectivity index (χ0) is 25.7. The number of ether oxygens (including phenoxy) is 1. The molecule has 1 aliphatic heterocycles. The molecule has 0 radical (unpaired) electrons. The molecule has 1 aromatic heterocycles. The summed E-state index contributed by atoms with van der Waals surface area (Å²) in [6.45, 7) is 5.04. The molecular formula is C28H30ClN3O2S2. The van der Waals surface area contributed by atoms with Crippen LogP contribution in [0.5, 0.6) is 5.75 Å². The fourth-order valence-electron chi connectivity index (χ4n) is 4.22. The number of carbonyl (C=O) groups excluding carboxylic acids is 1. The normalized spacial score (nSPS) is 15.7. The van der Waals surface area contributed by atoms with Crippen molar-refractivity contribution in [2.24, 2.45) is 5.92 Å². The zero-order valence-corrected chi connectivity index (χ0v) is 23.1. The summed E-state index contributed by atoms with van der Waals surface area (Å²) in [4.78, 5) is 15.8. The number of methoxy groups -OCH3 is 1. The van der Waals surface area contributed by atoms with E-state index in [1.165, 1.54) is 11.8 Å². The SMILES string of the molecule is CCCC[C@@H](CC)CN1C(=O)/C(=C\c2cn(-c3ccccc3)nc2-c2ccc(OC)c(Cl)c2)SC1=S. The minimum atomic E-state index is -0.0360. The summed E-state index contributed by atoms with van der Waals surface area (Å²) in [5.74, 6) is 1.01. The number of carbonyl (C=O) groups is 1. The first kappa shape index (κ1) is 26.5. The van der Waals surface area contributed by atoms with Crippen molar-refractivity contribution < 1.29 is 9.53 Å². The Hall–Kier alpha value is -2.61. The van der Waals surface area contributed by atoms with E-state index in [9.17, 15) is 4.79 Å². The second-order valence-corrected chi connectivity index (χ2v) is 10.9. The largest absolute Gasteiger partial charge is 0.495 e. The molecular weight excluding hydrogens is 510 g/mol. The highest BCUT2D eigenvalue weighted by molar-refractivity contribution is 8.26.